The predicted molar refractivity (Wildman–Crippen MR) is 128 cm³/mol. The molecule has 0 aromatic carbocycles. The summed E-state index contributed by atoms with van der Waals surface area (Å²) in [6, 6.07) is 1.80. The molecule has 196 valence electrons. The van der Waals surface area contributed by atoms with Gasteiger partial charge in [-0.2, -0.15) is 8.42 Å². The zero-order chi connectivity index (χ0) is 26.1. The molecule has 1 aromatic heterocycles. The van der Waals surface area contributed by atoms with Crippen LogP contribution in [-0.4, -0.2) is 44.2 Å². The Balaban J connectivity index is 1.57. The number of rotatable bonds is 3. The zero-order valence-electron chi connectivity index (χ0n) is 21.6. The Morgan fingerprint density at radius 2 is 1.78 bits per heavy atom. The van der Waals surface area contributed by atoms with Crippen LogP contribution in [0.4, 0.5) is 0 Å². The Labute approximate surface area is 211 Å². The normalized spacial score (nSPS) is 48.8. The maximum atomic E-state index is 13.3. The highest BCUT2D eigenvalue weighted by Crippen LogP contribution is 2.79. The van der Waals surface area contributed by atoms with Crippen LogP contribution in [0.2, 0.25) is 0 Å². The first kappa shape index (κ1) is 24.4. The minimum Gasteiger partial charge on any atom is -0.472 e. The number of ether oxygens (including phenoxy) is 2. The molecule has 8 nitrogen and oxygen atoms in total. The van der Waals surface area contributed by atoms with Gasteiger partial charge in [-0.25, -0.2) is 4.79 Å². The standard InChI is InChI=1S/C27H34O8S/c1-23(2)17-13-19(35-36(6,30)31)26(5)16(24(17,3)10-8-18(23)28)7-11-25(4)20(15-9-12-32-14-15)33-22(29)21-27(25,26)34-21/h8-10,12,14,16-17,19-21H,7,11,13H2,1-6H3/t16-,17+,19+,20+,21-,24-,25+,26+,27-/m1/s1. The monoisotopic (exact) mass is 518 g/mol. The molecule has 5 aliphatic rings. The van der Waals surface area contributed by atoms with Gasteiger partial charge in [-0.1, -0.05) is 40.7 Å². The Morgan fingerprint density at radius 1 is 1.06 bits per heavy atom. The summed E-state index contributed by atoms with van der Waals surface area (Å²) in [6.07, 6.45) is 7.56. The molecular weight excluding hydrogens is 484 g/mol. The van der Waals surface area contributed by atoms with E-state index in [2.05, 4.69) is 13.8 Å². The summed E-state index contributed by atoms with van der Waals surface area (Å²) in [7, 11) is -3.85. The lowest BCUT2D eigenvalue weighted by atomic mass is 9.36. The quantitative estimate of drug-likeness (QED) is 0.336. The first-order valence-corrected chi connectivity index (χ1v) is 14.5. The number of carbonyl (C=O) groups is 2. The Hall–Kier alpha value is -1.97. The molecule has 2 saturated heterocycles. The van der Waals surface area contributed by atoms with E-state index in [0.717, 1.165) is 18.2 Å². The van der Waals surface area contributed by atoms with E-state index in [0.29, 0.717) is 12.8 Å². The molecule has 1 aromatic rings. The summed E-state index contributed by atoms with van der Waals surface area (Å²) >= 11 is 0. The molecular formula is C27H34O8S. The fourth-order valence-corrected chi connectivity index (χ4v) is 9.88. The van der Waals surface area contributed by atoms with Crippen molar-refractivity contribution in [1.82, 2.24) is 0 Å². The molecule has 36 heavy (non-hydrogen) atoms. The zero-order valence-corrected chi connectivity index (χ0v) is 22.4. The molecule has 9 atom stereocenters. The van der Waals surface area contributed by atoms with Gasteiger partial charge in [0.2, 0.25) is 0 Å². The highest BCUT2D eigenvalue weighted by molar-refractivity contribution is 7.86. The number of furan rings is 1. The van der Waals surface area contributed by atoms with Gasteiger partial charge >= 0.3 is 5.97 Å². The largest absolute Gasteiger partial charge is 0.472 e. The topological polar surface area (TPSA) is 112 Å². The Morgan fingerprint density at radius 3 is 2.42 bits per heavy atom. The van der Waals surface area contributed by atoms with Crippen molar-refractivity contribution in [2.45, 2.75) is 77.8 Å². The number of cyclic esters (lactones) is 1. The van der Waals surface area contributed by atoms with E-state index in [1.807, 2.05) is 26.8 Å². The maximum absolute atomic E-state index is 13.3. The Kier molecular flexibility index (Phi) is 4.68. The third kappa shape index (κ3) is 2.69. The minimum atomic E-state index is -3.85. The number of esters is 1. The first-order valence-electron chi connectivity index (χ1n) is 12.7. The van der Waals surface area contributed by atoms with Gasteiger partial charge in [0.15, 0.2) is 11.9 Å². The molecule has 0 bridgehead atoms. The summed E-state index contributed by atoms with van der Waals surface area (Å²) in [5, 5.41) is 0. The lowest BCUT2D eigenvalue weighted by Gasteiger charge is -2.68. The third-order valence-corrected chi connectivity index (χ3v) is 11.4. The molecule has 3 heterocycles. The summed E-state index contributed by atoms with van der Waals surface area (Å²) in [4.78, 5) is 26.2. The maximum Gasteiger partial charge on any atom is 0.339 e. The molecule has 0 amide bonds. The molecule has 9 heteroatoms. The van der Waals surface area contributed by atoms with Crippen molar-refractivity contribution >= 4 is 21.9 Å². The van der Waals surface area contributed by atoms with Gasteiger partial charge in [0.05, 0.1) is 24.9 Å². The van der Waals surface area contributed by atoms with Gasteiger partial charge in [-0.15, -0.1) is 0 Å². The second-order valence-corrected chi connectivity index (χ2v) is 14.4. The second-order valence-electron chi connectivity index (χ2n) is 12.8. The second kappa shape index (κ2) is 6.91. The summed E-state index contributed by atoms with van der Waals surface area (Å²) in [5.74, 6) is -0.633. The van der Waals surface area contributed by atoms with Crippen molar-refractivity contribution in [2.24, 2.45) is 33.5 Å². The molecule has 3 aliphatic carbocycles. The molecule has 0 N–H and O–H groups in total. The van der Waals surface area contributed by atoms with E-state index >= 15 is 0 Å². The van der Waals surface area contributed by atoms with Crippen LogP contribution in [0, 0.1) is 33.5 Å². The van der Waals surface area contributed by atoms with Crippen molar-refractivity contribution in [2.75, 3.05) is 6.26 Å². The molecule has 1 spiro atoms. The van der Waals surface area contributed by atoms with Crippen molar-refractivity contribution in [1.29, 1.82) is 0 Å². The average molecular weight is 519 g/mol. The average Bonchev–Trinajstić information content (AvgIpc) is 3.35. The van der Waals surface area contributed by atoms with Crippen LogP contribution in [0.15, 0.2) is 35.2 Å². The SMILES string of the molecule is CC1(C)C(=O)C=C[C@]2(C)[C@H]3CC[C@@]4(C)[C@H](c5ccoc5)OC(=O)[C@H]5O[C@]54[C@]3(C)[C@@H](OS(C)(=O)=O)C[C@@H]12. The van der Waals surface area contributed by atoms with E-state index < -0.39 is 61.7 Å². The van der Waals surface area contributed by atoms with Crippen LogP contribution in [0.25, 0.3) is 0 Å². The van der Waals surface area contributed by atoms with Crippen molar-refractivity contribution in [3.05, 3.63) is 36.3 Å². The van der Waals surface area contributed by atoms with Gasteiger partial charge in [-0.05, 0) is 48.7 Å². The Bertz CT molecular complexity index is 1280. The molecule has 2 saturated carbocycles. The van der Waals surface area contributed by atoms with E-state index in [4.69, 9.17) is 18.1 Å². The van der Waals surface area contributed by atoms with Crippen molar-refractivity contribution < 1.29 is 36.1 Å². The number of ketones is 1. The van der Waals surface area contributed by atoms with Gasteiger partial charge in [-0.3, -0.25) is 8.98 Å². The van der Waals surface area contributed by atoms with E-state index in [1.165, 1.54) is 0 Å². The van der Waals surface area contributed by atoms with Gasteiger partial charge in [0, 0.05) is 21.8 Å². The lowest BCUT2D eigenvalue weighted by molar-refractivity contribution is -0.240. The number of allylic oxidation sites excluding steroid dienone is 2. The molecule has 2 aliphatic heterocycles. The van der Waals surface area contributed by atoms with E-state index in [1.54, 1.807) is 24.7 Å². The van der Waals surface area contributed by atoms with E-state index in [-0.39, 0.29) is 17.6 Å². The van der Waals surface area contributed by atoms with Crippen molar-refractivity contribution in [3.63, 3.8) is 0 Å². The van der Waals surface area contributed by atoms with Gasteiger partial charge < -0.3 is 13.9 Å². The summed E-state index contributed by atoms with van der Waals surface area (Å²) < 4.78 is 48.9. The lowest BCUT2D eigenvalue weighted by Crippen LogP contribution is -2.72. The van der Waals surface area contributed by atoms with Crippen LogP contribution >= 0.6 is 0 Å². The van der Waals surface area contributed by atoms with Crippen LogP contribution < -0.4 is 0 Å². The molecule has 0 radical (unpaired) electrons. The van der Waals surface area contributed by atoms with Crippen LogP contribution in [-0.2, 0) is 33.4 Å². The number of hydrogen-bond acceptors (Lipinski definition) is 8. The molecule has 4 fully saturated rings. The van der Waals surface area contributed by atoms with Gasteiger partial charge in [0.25, 0.3) is 10.1 Å². The molecule has 0 unspecified atom stereocenters. The summed E-state index contributed by atoms with van der Waals surface area (Å²) in [6.45, 7) is 10.2. The highest BCUT2D eigenvalue weighted by atomic mass is 32.2. The predicted octanol–water partition coefficient (Wildman–Crippen LogP) is 3.97. The number of epoxide rings is 1. The smallest absolute Gasteiger partial charge is 0.339 e. The first-order chi connectivity index (χ1) is 16.6. The number of fused-ring (bicyclic) bond motifs is 3. The van der Waals surface area contributed by atoms with Crippen LogP contribution in [0.1, 0.15) is 65.5 Å². The fraction of sp³-hybridized carbons (Fsp3) is 0.704. The van der Waals surface area contributed by atoms with Crippen LogP contribution in [0.3, 0.4) is 0 Å². The third-order valence-electron chi connectivity index (χ3n) is 10.8. The van der Waals surface area contributed by atoms with Gasteiger partial charge in [0.1, 0.15) is 11.7 Å². The highest BCUT2D eigenvalue weighted by Gasteiger charge is 2.88. The number of hydrogen-bond donors (Lipinski definition) is 0. The van der Waals surface area contributed by atoms with Crippen molar-refractivity contribution in [3.8, 4) is 0 Å². The summed E-state index contributed by atoms with van der Waals surface area (Å²) in [5.41, 5.74) is -2.80. The fourth-order valence-electron chi connectivity index (χ4n) is 9.18. The molecule has 6 rings (SSSR count). The number of carbonyl (C=O) groups excluding carboxylic acids is 2. The van der Waals surface area contributed by atoms with Crippen LogP contribution in [0.5, 0.6) is 0 Å². The van der Waals surface area contributed by atoms with E-state index in [9.17, 15) is 18.0 Å². The minimum absolute atomic E-state index is 0.0345.